The molecule has 0 heterocycles. The number of hydrogen-bond donors (Lipinski definition) is 1. The van der Waals surface area contributed by atoms with Gasteiger partial charge in [0.1, 0.15) is 5.60 Å². The third-order valence-electron chi connectivity index (χ3n) is 2.07. The summed E-state index contributed by atoms with van der Waals surface area (Å²) in [5.74, 6) is 0. The third kappa shape index (κ3) is 4.12. The highest BCUT2D eigenvalue weighted by molar-refractivity contribution is 5.21. The summed E-state index contributed by atoms with van der Waals surface area (Å²) in [5.41, 5.74) is 3.13. The lowest BCUT2D eigenvalue weighted by Gasteiger charge is -2.19. The zero-order valence-electron chi connectivity index (χ0n) is 8.93. The number of hydrogen-bond acceptors (Lipinski definition) is 1. The van der Waals surface area contributed by atoms with E-state index in [1.807, 2.05) is 13.0 Å². The third-order valence-corrected chi connectivity index (χ3v) is 2.07. The molecule has 0 rings (SSSR count). The van der Waals surface area contributed by atoms with Crippen LogP contribution in [0.1, 0.15) is 40.0 Å². The van der Waals surface area contributed by atoms with Gasteiger partial charge < -0.3 is 5.11 Å². The van der Waals surface area contributed by atoms with Crippen molar-refractivity contribution in [3.8, 4) is 0 Å². The average Bonchev–Trinajstić information content (AvgIpc) is 2.12. The van der Waals surface area contributed by atoms with Gasteiger partial charge in [-0.2, -0.15) is 0 Å². The fourth-order valence-electron chi connectivity index (χ4n) is 1.07. The van der Waals surface area contributed by atoms with Crippen LogP contribution in [0.15, 0.2) is 30.0 Å². The van der Waals surface area contributed by atoms with E-state index in [0.29, 0.717) is 0 Å². The SMILES string of the molecule is C=CC(C)(O)C(=C=CCCC)CC. The zero-order chi connectivity index (χ0) is 10.3. The summed E-state index contributed by atoms with van der Waals surface area (Å²) in [7, 11) is 0. The van der Waals surface area contributed by atoms with Crippen LogP contribution < -0.4 is 0 Å². The fraction of sp³-hybridized carbons (Fsp3) is 0.583. The molecule has 1 nitrogen and oxygen atoms in total. The predicted molar refractivity (Wildman–Crippen MR) is 57.6 cm³/mol. The molecule has 74 valence electrons. The Morgan fingerprint density at radius 1 is 1.54 bits per heavy atom. The van der Waals surface area contributed by atoms with E-state index in [4.69, 9.17) is 0 Å². The van der Waals surface area contributed by atoms with Gasteiger partial charge >= 0.3 is 0 Å². The Labute approximate surface area is 81.5 Å². The van der Waals surface area contributed by atoms with E-state index in [-0.39, 0.29) is 0 Å². The summed E-state index contributed by atoms with van der Waals surface area (Å²) >= 11 is 0. The van der Waals surface area contributed by atoms with Gasteiger partial charge in [0, 0.05) is 5.57 Å². The molecule has 0 saturated heterocycles. The summed E-state index contributed by atoms with van der Waals surface area (Å²) in [5, 5.41) is 9.84. The minimum absolute atomic E-state index is 0.805. The van der Waals surface area contributed by atoms with E-state index in [9.17, 15) is 5.11 Å². The molecular formula is C12H20O. The Bertz CT molecular complexity index is 217. The molecule has 0 aliphatic carbocycles. The molecule has 1 atom stereocenters. The number of aliphatic hydroxyl groups is 1. The van der Waals surface area contributed by atoms with E-state index >= 15 is 0 Å². The van der Waals surface area contributed by atoms with Gasteiger partial charge in [-0.3, -0.25) is 0 Å². The van der Waals surface area contributed by atoms with Crippen LogP contribution in [0.3, 0.4) is 0 Å². The van der Waals surface area contributed by atoms with Crippen LogP contribution in [0.25, 0.3) is 0 Å². The summed E-state index contributed by atoms with van der Waals surface area (Å²) in [6.07, 6.45) is 6.46. The molecule has 0 fully saturated rings. The predicted octanol–water partition coefficient (Wildman–Crippen LogP) is 3.22. The fourth-order valence-corrected chi connectivity index (χ4v) is 1.07. The van der Waals surface area contributed by atoms with Crippen molar-refractivity contribution in [2.24, 2.45) is 0 Å². The van der Waals surface area contributed by atoms with Crippen molar-refractivity contribution in [3.05, 3.63) is 30.0 Å². The summed E-state index contributed by atoms with van der Waals surface area (Å²) < 4.78 is 0. The molecule has 1 N–H and O–H groups in total. The molecule has 0 saturated carbocycles. The van der Waals surface area contributed by atoms with Crippen molar-refractivity contribution < 1.29 is 5.11 Å². The quantitative estimate of drug-likeness (QED) is 0.509. The second-order valence-electron chi connectivity index (χ2n) is 3.32. The highest BCUT2D eigenvalue weighted by atomic mass is 16.3. The summed E-state index contributed by atoms with van der Waals surface area (Å²) in [6.45, 7) is 9.48. The van der Waals surface area contributed by atoms with Gasteiger partial charge in [-0.25, -0.2) is 0 Å². The Hall–Kier alpha value is -0.780. The second kappa shape index (κ2) is 5.80. The van der Waals surface area contributed by atoms with E-state index in [1.54, 1.807) is 13.0 Å². The molecule has 0 aromatic heterocycles. The van der Waals surface area contributed by atoms with Gasteiger partial charge in [-0.15, -0.1) is 5.73 Å². The first kappa shape index (κ1) is 12.2. The minimum atomic E-state index is -0.904. The standard InChI is InChI=1S/C12H20O/c1-5-8-9-10-11(6-2)12(4,13)7-3/h7,9,13H,3,5-6,8H2,1-2,4H3. The van der Waals surface area contributed by atoms with Gasteiger partial charge in [-0.1, -0.05) is 32.9 Å². The van der Waals surface area contributed by atoms with Gasteiger partial charge in [0.15, 0.2) is 0 Å². The van der Waals surface area contributed by atoms with E-state index in [1.165, 1.54) is 0 Å². The molecule has 13 heavy (non-hydrogen) atoms. The maximum atomic E-state index is 9.84. The largest absolute Gasteiger partial charge is 0.381 e. The number of rotatable bonds is 5. The maximum absolute atomic E-state index is 9.84. The normalized spacial score (nSPS) is 14.2. The van der Waals surface area contributed by atoms with Crippen molar-refractivity contribution >= 4 is 0 Å². The Balaban J connectivity index is 4.68. The first-order chi connectivity index (χ1) is 6.08. The molecular weight excluding hydrogens is 160 g/mol. The van der Waals surface area contributed by atoms with Gasteiger partial charge in [-0.05, 0) is 25.8 Å². The zero-order valence-corrected chi connectivity index (χ0v) is 8.93. The lowest BCUT2D eigenvalue weighted by atomic mass is 9.94. The van der Waals surface area contributed by atoms with Gasteiger partial charge in [0.25, 0.3) is 0 Å². The first-order valence-electron chi connectivity index (χ1n) is 4.89. The van der Waals surface area contributed by atoms with Crippen LogP contribution in [0.5, 0.6) is 0 Å². The van der Waals surface area contributed by atoms with Crippen LogP contribution >= 0.6 is 0 Å². The van der Waals surface area contributed by atoms with Crippen LogP contribution in [-0.2, 0) is 0 Å². The van der Waals surface area contributed by atoms with Crippen molar-refractivity contribution in [1.29, 1.82) is 0 Å². The van der Waals surface area contributed by atoms with Crippen LogP contribution in [-0.4, -0.2) is 10.7 Å². The Morgan fingerprint density at radius 2 is 2.15 bits per heavy atom. The molecule has 0 aromatic carbocycles. The summed E-state index contributed by atoms with van der Waals surface area (Å²) in [6, 6.07) is 0. The van der Waals surface area contributed by atoms with E-state index < -0.39 is 5.60 Å². The monoisotopic (exact) mass is 180 g/mol. The van der Waals surface area contributed by atoms with Crippen molar-refractivity contribution in [2.45, 2.75) is 45.6 Å². The van der Waals surface area contributed by atoms with Crippen LogP contribution in [0.4, 0.5) is 0 Å². The minimum Gasteiger partial charge on any atom is -0.381 e. The molecule has 0 spiro atoms. The van der Waals surface area contributed by atoms with Crippen molar-refractivity contribution in [1.82, 2.24) is 0 Å². The first-order valence-corrected chi connectivity index (χ1v) is 4.89. The van der Waals surface area contributed by atoms with Gasteiger partial charge in [0.05, 0.1) is 0 Å². The second-order valence-corrected chi connectivity index (χ2v) is 3.32. The molecule has 0 amide bonds. The Morgan fingerprint density at radius 3 is 2.54 bits per heavy atom. The highest BCUT2D eigenvalue weighted by Crippen LogP contribution is 2.19. The highest BCUT2D eigenvalue weighted by Gasteiger charge is 2.19. The smallest absolute Gasteiger partial charge is 0.108 e. The van der Waals surface area contributed by atoms with E-state index in [2.05, 4.69) is 19.2 Å². The summed E-state index contributed by atoms with van der Waals surface area (Å²) in [4.78, 5) is 0. The van der Waals surface area contributed by atoms with Gasteiger partial charge in [0.2, 0.25) is 0 Å². The topological polar surface area (TPSA) is 20.2 Å². The molecule has 0 aliphatic rings. The average molecular weight is 180 g/mol. The molecule has 1 unspecified atom stereocenters. The van der Waals surface area contributed by atoms with Crippen LogP contribution in [0, 0.1) is 0 Å². The molecule has 0 aromatic rings. The Kier molecular flexibility index (Phi) is 5.45. The molecule has 0 radical (unpaired) electrons. The van der Waals surface area contributed by atoms with Crippen LogP contribution in [0.2, 0.25) is 0 Å². The maximum Gasteiger partial charge on any atom is 0.108 e. The lowest BCUT2D eigenvalue weighted by Crippen LogP contribution is -2.22. The molecule has 1 heteroatoms. The van der Waals surface area contributed by atoms with E-state index in [0.717, 1.165) is 24.8 Å². The molecule has 0 bridgehead atoms. The van der Waals surface area contributed by atoms with Crippen molar-refractivity contribution in [2.75, 3.05) is 0 Å². The van der Waals surface area contributed by atoms with Crippen molar-refractivity contribution in [3.63, 3.8) is 0 Å². The number of unbranched alkanes of at least 4 members (excludes halogenated alkanes) is 1. The molecule has 0 aliphatic heterocycles. The lowest BCUT2D eigenvalue weighted by molar-refractivity contribution is 0.148.